The van der Waals surface area contributed by atoms with Crippen LogP contribution in [0.3, 0.4) is 0 Å². The fraction of sp³-hybridized carbons (Fsp3) is 0.455. The first-order chi connectivity index (χ1) is 8.14. The van der Waals surface area contributed by atoms with Gasteiger partial charge in [-0.15, -0.1) is 0 Å². The zero-order chi connectivity index (χ0) is 14.0. The van der Waals surface area contributed by atoms with Gasteiger partial charge in [-0.3, -0.25) is 4.79 Å². The molecule has 0 aliphatic heterocycles. The Kier molecular flexibility index (Phi) is 3.95. The molecule has 1 aromatic heterocycles. The molecule has 0 saturated carbocycles. The van der Waals surface area contributed by atoms with Crippen molar-refractivity contribution in [3.8, 4) is 0 Å². The van der Waals surface area contributed by atoms with Gasteiger partial charge in [-0.05, 0) is 32.9 Å². The maximum absolute atomic E-state index is 12.1. The summed E-state index contributed by atoms with van der Waals surface area (Å²) >= 11 is 0. The molecule has 0 bridgehead atoms. The van der Waals surface area contributed by atoms with E-state index in [4.69, 9.17) is 5.11 Å². The largest absolute Gasteiger partial charge is 0.480 e. The molecule has 1 rings (SSSR count). The second kappa shape index (κ2) is 4.93. The minimum absolute atomic E-state index is 0.0177. The number of carboxylic acids is 1. The second-order valence-corrected chi connectivity index (χ2v) is 7.40. The van der Waals surface area contributed by atoms with Crippen LogP contribution in [-0.2, 0) is 14.6 Å². The van der Waals surface area contributed by atoms with Crippen molar-refractivity contribution in [2.24, 2.45) is 0 Å². The Labute approximate surface area is 106 Å². The average Bonchev–Trinajstić information content (AvgIpc) is 2.25. The lowest BCUT2D eigenvalue weighted by molar-refractivity contribution is -0.134. The zero-order valence-electron chi connectivity index (χ0n) is 10.5. The first-order valence-corrected chi connectivity index (χ1v) is 6.79. The van der Waals surface area contributed by atoms with E-state index in [0.29, 0.717) is 5.69 Å². The molecule has 0 fully saturated rings. The average molecular weight is 272 g/mol. The van der Waals surface area contributed by atoms with E-state index in [1.165, 1.54) is 18.3 Å². The summed E-state index contributed by atoms with van der Waals surface area (Å²) in [6.45, 7) is 4.55. The van der Waals surface area contributed by atoms with Crippen LogP contribution in [0.1, 0.15) is 20.8 Å². The predicted octanol–water partition coefficient (Wildman–Crippen LogP) is 1.15. The number of hydrogen-bond donors (Lipinski definition) is 2. The van der Waals surface area contributed by atoms with E-state index in [9.17, 15) is 13.2 Å². The maximum Gasteiger partial charge on any atom is 0.322 e. The van der Waals surface area contributed by atoms with Crippen LogP contribution in [0, 0.1) is 0 Å². The van der Waals surface area contributed by atoms with Crippen LogP contribution >= 0.6 is 0 Å². The summed E-state index contributed by atoms with van der Waals surface area (Å²) in [5.41, 5.74) is 0.463. The number of sulfone groups is 1. The predicted molar refractivity (Wildman–Crippen MR) is 67.3 cm³/mol. The van der Waals surface area contributed by atoms with Gasteiger partial charge in [-0.25, -0.2) is 13.4 Å². The summed E-state index contributed by atoms with van der Waals surface area (Å²) in [6.07, 6.45) is 1.31. The highest BCUT2D eigenvalue weighted by molar-refractivity contribution is 7.92. The molecule has 0 unspecified atom stereocenters. The van der Waals surface area contributed by atoms with E-state index >= 15 is 0 Å². The molecule has 1 heterocycles. The van der Waals surface area contributed by atoms with Crippen molar-refractivity contribution in [1.82, 2.24) is 4.98 Å². The van der Waals surface area contributed by atoms with Crippen LogP contribution < -0.4 is 5.32 Å². The van der Waals surface area contributed by atoms with Crippen LogP contribution in [0.25, 0.3) is 0 Å². The van der Waals surface area contributed by atoms with E-state index < -0.39 is 20.6 Å². The number of nitrogens with zero attached hydrogens (tertiary/aromatic N) is 1. The molecular weight excluding hydrogens is 256 g/mol. The molecule has 0 spiro atoms. The van der Waals surface area contributed by atoms with E-state index in [2.05, 4.69) is 10.3 Å². The van der Waals surface area contributed by atoms with Gasteiger partial charge in [0, 0.05) is 0 Å². The lowest BCUT2D eigenvalue weighted by Crippen LogP contribution is -2.28. The molecule has 0 aromatic carbocycles. The molecule has 0 radical (unpaired) electrons. The highest BCUT2D eigenvalue weighted by atomic mass is 32.2. The number of pyridine rings is 1. The number of anilines is 1. The highest BCUT2D eigenvalue weighted by Crippen LogP contribution is 2.23. The van der Waals surface area contributed by atoms with E-state index in [0.717, 1.165) is 0 Å². The molecule has 2 N–H and O–H groups in total. The summed E-state index contributed by atoms with van der Waals surface area (Å²) in [7, 11) is -3.48. The molecule has 100 valence electrons. The Morgan fingerprint density at radius 3 is 2.39 bits per heavy atom. The number of nitrogens with one attached hydrogen (secondary N) is 1. The summed E-state index contributed by atoms with van der Waals surface area (Å²) in [5, 5.41) is 11.1. The van der Waals surface area contributed by atoms with E-state index in [1.807, 2.05) is 0 Å². The number of carbonyl (C=O) groups is 1. The minimum atomic E-state index is -3.48. The Bertz CT molecular complexity index is 529. The summed E-state index contributed by atoms with van der Waals surface area (Å²) in [6, 6.07) is 2.86. The lowest BCUT2D eigenvalue weighted by atomic mass is 10.3. The Morgan fingerprint density at radius 2 is 2.00 bits per heavy atom. The third kappa shape index (κ3) is 3.19. The van der Waals surface area contributed by atoms with Gasteiger partial charge in [-0.2, -0.15) is 0 Å². The van der Waals surface area contributed by atoms with E-state index in [-0.39, 0.29) is 11.6 Å². The molecule has 0 atom stereocenters. The summed E-state index contributed by atoms with van der Waals surface area (Å²) in [5.74, 6) is -0.999. The number of rotatable bonds is 4. The van der Waals surface area contributed by atoms with Gasteiger partial charge in [-0.1, -0.05) is 0 Å². The Balaban J connectivity index is 2.93. The smallest absolute Gasteiger partial charge is 0.322 e. The van der Waals surface area contributed by atoms with Crippen LogP contribution in [0.5, 0.6) is 0 Å². The monoisotopic (exact) mass is 272 g/mol. The first-order valence-electron chi connectivity index (χ1n) is 5.31. The fourth-order valence-electron chi connectivity index (χ4n) is 1.14. The molecule has 7 heteroatoms. The number of aromatic nitrogens is 1. The number of aliphatic carboxylic acids is 1. The number of carboxylic acid groups (broad SMARTS) is 1. The van der Waals surface area contributed by atoms with Crippen molar-refractivity contribution in [3.05, 3.63) is 18.3 Å². The summed E-state index contributed by atoms with van der Waals surface area (Å²) in [4.78, 5) is 14.2. The second-order valence-electron chi connectivity index (χ2n) is 4.75. The quantitative estimate of drug-likeness (QED) is 0.853. The standard InChI is InChI=1S/C11H16N2O4S/c1-11(2,3)18(16,17)9-5-4-8(6-13-9)12-7-10(14)15/h4-6,12H,7H2,1-3H3,(H,14,15). The molecule has 6 nitrogen and oxygen atoms in total. The SMILES string of the molecule is CC(C)(C)S(=O)(=O)c1ccc(NCC(=O)O)cn1. The maximum atomic E-state index is 12.1. The van der Waals surface area contributed by atoms with Gasteiger partial charge in [0.2, 0.25) is 0 Å². The number of hydrogen-bond acceptors (Lipinski definition) is 5. The van der Waals surface area contributed by atoms with Crippen molar-refractivity contribution in [1.29, 1.82) is 0 Å². The fourth-order valence-corrected chi connectivity index (χ4v) is 2.20. The highest BCUT2D eigenvalue weighted by Gasteiger charge is 2.31. The topological polar surface area (TPSA) is 96.4 Å². The van der Waals surface area contributed by atoms with Crippen LogP contribution in [-0.4, -0.2) is 35.8 Å². The van der Waals surface area contributed by atoms with Crippen molar-refractivity contribution in [2.75, 3.05) is 11.9 Å². The summed E-state index contributed by atoms with van der Waals surface area (Å²) < 4.78 is 23.2. The van der Waals surface area contributed by atoms with E-state index in [1.54, 1.807) is 20.8 Å². The Morgan fingerprint density at radius 1 is 1.39 bits per heavy atom. The van der Waals surface area contributed by atoms with Gasteiger partial charge in [0.1, 0.15) is 6.54 Å². The lowest BCUT2D eigenvalue weighted by Gasteiger charge is -2.18. The molecular formula is C11H16N2O4S. The third-order valence-corrected chi connectivity index (χ3v) is 4.67. The molecule has 18 heavy (non-hydrogen) atoms. The molecule has 0 saturated heterocycles. The normalized spacial score (nSPS) is 12.2. The van der Waals surface area contributed by atoms with Gasteiger partial charge < -0.3 is 10.4 Å². The van der Waals surface area contributed by atoms with Gasteiger partial charge in [0.15, 0.2) is 14.9 Å². The van der Waals surface area contributed by atoms with Crippen molar-refractivity contribution in [2.45, 2.75) is 30.5 Å². The Hall–Kier alpha value is -1.63. The zero-order valence-corrected chi connectivity index (χ0v) is 11.3. The van der Waals surface area contributed by atoms with Crippen LogP contribution in [0.15, 0.2) is 23.4 Å². The van der Waals surface area contributed by atoms with Crippen LogP contribution in [0.2, 0.25) is 0 Å². The van der Waals surface area contributed by atoms with Gasteiger partial charge in [0.25, 0.3) is 0 Å². The van der Waals surface area contributed by atoms with Crippen molar-refractivity contribution >= 4 is 21.5 Å². The van der Waals surface area contributed by atoms with Gasteiger partial charge >= 0.3 is 5.97 Å². The van der Waals surface area contributed by atoms with Gasteiger partial charge in [0.05, 0.1) is 16.6 Å². The van der Waals surface area contributed by atoms with Crippen molar-refractivity contribution < 1.29 is 18.3 Å². The first kappa shape index (κ1) is 14.4. The molecule has 0 aliphatic carbocycles. The molecule has 0 aliphatic rings. The van der Waals surface area contributed by atoms with Crippen molar-refractivity contribution in [3.63, 3.8) is 0 Å². The minimum Gasteiger partial charge on any atom is -0.480 e. The molecule has 0 amide bonds. The third-order valence-electron chi connectivity index (χ3n) is 2.26. The molecule has 1 aromatic rings. The van der Waals surface area contributed by atoms with Crippen LogP contribution in [0.4, 0.5) is 5.69 Å².